The zero-order valence-corrected chi connectivity index (χ0v) is 16.2. The zero-order valence-electron chi connectivity index (χ0n) is 15.4. The molecule has 1 aliphatic carbocycles. The van der Waals surface area contributed by atoms with Gasteiger partial charge in [-0.1, -0.05) is 25.3 Å². The Bertz CT molecular complexity index is 702. The number of nitrogens with zero attached hydrogens (tertiary/aromatic N) is 2. The molecule has 1 aromatic rings. The fourth-order valence-electron chi connectivity index (χ4n) is 4.27. The van der Waals surface area contributed by atoms with E-state index in [1.807, 2.05) is 17.5 Å². The molecule has 27 heavy (non-hydrogen) atoms. The van der Waals surface area contributed by atoms with Gasteiger partial charge >= 0.3 is 6.03 Å². The van der Waals surface area contributed by atoms with Crippen LogP contribution in [0.1, 0.15) is 37.0 Å². The van der Waals surface area contributed by atoms with E-state index < -0.39 is 12.1 Å². The molecule has 0 unspecified atom stereocenters. The number of carbonyl (C=O) groups excluding carboxylic acids is 3. The van der Waals surface area contributed by atoms with Crippen molar-refractivity contribution in [3.8, 4) is 0 Å². The Morgan fingerprint density at radius 3 is 2.78 bits per heavy atom. The van der Waals surface area contributed by atoms with Gasteiger partial charge in [0.25, 0.3) is 0 Å². The Balaban J connectivity index is 1.36. The first-order chi connectivity index (χ1) is 13.1. The van der Waals surface area contributed by atoms with E-state index in [2.05, 4.69) is 10.6 Å². The lowest BCUT2D eigenvalue weighted by Crippen LogP contribution is -2.70. The van der Waals surface area contributed by atoms with Crippen LogP contribution in [-0.2, 0) is 16.0 Å². The maximum Gasteiger partial charge on any atom is 0.317 e. The van der Waals surface area contributed by atoms with E-state index in [0.29, 0.717) is 19.5 Å². The Kier molecular flexibility index (Phi) is 5.33. The molecular formula is C19H26N4O3S. The number of nitrogens with one attached hydrogen (secondary N) is 2. The second-order valence-corrected chi connectivity index (χ2v) is 8.65. The zero-order chi connectivity index (χ0) is 18.8. The Morgan fingerprint density at radius 2 is 2.04 bits per heavy atom. The summed E-state index contributed by atoms with van der Waals surface area (Å²) in [5, 5.41) is 7.93. The molecule has 2 N–H and O–H groups in total. The van der Waals surface area contributed by atoms with E-state index >= 15 is 0 Å². The molecular weight excluding hydrogens is 364 g/mol. The number of hydrogen-bond donors (Lipinski definition) is 2. The van der Waals surface area contributed by atoms with Crippen LogP contribution >= 0.6 is 11.3 Å². The highest BCUT2D eigenvalue weighted by Gasteiger charge is 2.44. The van der Waals surface area contributed by atoms with Crippen molar-refractivity contribution in [3.63, 3.8) is 0 Å². The predicted molar refractivity (Wildman–Crippen MR) is 102 cm³/mol. The van der Waals surface area contributed by atoms with Gasteiger partial charge in [-0.3, -0.25) is 9.59 Å². The Hall–Kier alpha value is -2.09. The minimum atomic E-state index is -0.581. The van der Waals surface area contributed by atoms with Crippen LogP contribution in [0.2, 0.25) is 0 Å². The molecule has 7 nitrogen and oxygen atoms in total. The number of hydrogen-bond acceptors (Lipinski definition) is 4. The molecule has 2 atom stereocenters. The number of carbonyl (C=O) groups is 3. The number of amides is 4. The van der Waals surface area contributed by atoms with E-state index in [9.17, 15) is 14.4 Å². The van der Waals surface area contributed by atoms with Gasteiger partial charge in [-0.15, -0.1) is 11.3 Å². The lowest BCUT2D eigenvalue weighted by molar-refractivity contribution is -0.152. The summed E-state index contributed by atoms with van der Waals surface area (Å²) in [6.45, 7) is 1.15. The molecule has 0 spiro atoms. The first-order valence-electron chi connectivity index (χ1n) is 9.80. The van der Waals surface area contributed by atoms with Crippen molar-refractivity contribution in [2.45, 2.75) is 56.7 Å². The summed E-state index contributed by atoms with van der Waals surface area (Å²) in [7, 11) is 0. The van der Waals surface area contributed by atoms with Gasteiger partial charge in [0.05, 0.1) is 6.54 Å². The highest BCUT2D eigenvalue weighted by Crippen LogP contribution is 2.21. The fourth-order valence-corrected chi connectivity index (χ4v) is 5.02. The number of fused-ring (bicyclic) bond motifs is 1. The van der Waals surface area contributed by atoms with Crippen LogP contribution in [0.4, 0.5) is 4.79 Å². The highest BCUT2D eigenvalue weighted by molar-refractivity contribution is 7.09. The van der Waals surface area contributed by atoms with Crippen LogP contribution in [0.25, 0.3) is 0 Å². The summed E-state index contributed by atoms with van der Waals surface area (Å²) in [5.41, 5.74) is 0. The minimum absolute atomic E-state index is 0.0414. The van der Waals surface area contributed by atoms with Gasteiger partial charge in [0.15, 0.2) is 0 Å². The third kappa shape index (κ3) is 3.95. The first-order valence-corrected chi connectivity index (χ1v) is 10.7. The molecule has 0 aromatic carbocycles. The standard InChI is InChI=1S/C19H26N4O3S/c24-17-16-12-22(19(26)20-13-5-2-1-3-6-13)8-9-23(16)18(25)15(21-17)11-14-7-4-10-27-14/h4,7,10,13,15-16H,1-3,5-6,8-9,11-12H2,(H,20,26)(H,21,24)/t15-,16+/m0/s1. The molecule has 3 aliphatic rings. The third-order valence-electron chi connectivity index (χ3n) is 5.79. The van der Waals surface area contributed by atoms with Crippen molar-refractivity contribution in [3.05, 3.63) is 22.4 Å². The van der Waals surface area contributed by atoms with Gasteiger partial charge < -0.3 is 20.4 Å². The Morgan fingerprint density at radius 1 is 1.22 bits per heavy atom. The lowest BCUT2D eigenvalue weighted by atomic mass is 9.95. The van der Waals surface area contributed by atoms with Crippen molar-refractivity contribution < 1.29 is 14.4 Å². The van der Waals surface area contributed by atoms with E-state index in [1.165, 1.54) is 6.42 Å². The molecule has 4 amide bonds. The summed E-state index contributed by atoms with van der Waals surface area (Å²) in [4.78, 5) is 42.4. The van der Waals surface area contributed by atoms with E-state index in [-0.39, 0.29) is 30.4 Å². The summed E-state index contributed by atoms with van der Waals surface area (Å²) in [6.07, 6.45) is 6.13. The van der Waals surface area contributed by atoms with Crippen LogP contribution in [0, 0.1) is 0 Å². The molecule has 3 fully saturated rings. The van der Waals surface area contributed by atoms with Crippen LogP contribution in [0.5, 0.6) is 0 Å². The predicted octanol–water partition coefficient (Wildman–Crippen LogP) is 1.34. The topological polar surface area (TPSA) is 81.8 Å². The summed E-state index contributed by atoms with van der Waals surface area (Å²) < 4.78 is 0. The van der Waals surface area contributed by atoms with Crippen molar-refractivity contribution in [1.29, 1.82) is 0 Å². The van der Waals surface area contributed by atoms with E-state index in [0.717, 1.165) is 30.6 Å². The number of urea groups is 1. The molecule has 3 heterocycles. The molecule has 1 aromatic heterocycles. The molecule has 1 saturated carbocycles. The molecule has 0 radical (unpaired) electrons. The quantitative estimate of drug-likeness (QED) is 0.817. The monoisotopic (exact) mass is 390 g/mol. The highest BCUT2D eigenvalue weighted by atomic mass is 32.1. The van der Waals surface area contributed by atoms with Crippen molar-refractivity contribution in [2.24, 2.45) is 0 Å². The summed E-state index contributed by atoms with van der Waals surface area (Å²) in [5.74, 6) is -0.202. The SMILES string of the molecule is O=C1N[C@@H](Cc2cccs2)C(=O)N2CCN(C(=O)NC3CCCCC3)C[C@H]12. The van der Waals surface area contributed by atoms with Gasteiger partial charge in [-0.05, 0) is 24.3 Å². The third-order valence-corrected chi connectivity index (χ3v) is 6.68. The van der Waals surface area contributed by atoms with Gasteiger partial charge in [-0.2, -0.15) is 0 Å². The van der Waals surface area contributed by atoms with Crippen molar-refractivity contribution >= 4 is 29.2 Å². The van der Waals surface area contributed by atoms with Crippen molar-refractivity contribution in [1.82, 2.24) is 20.4 Å². The smallest absolute Gasteiger partial charge is 0.317 e. The maximum absolute atomic E-state index is 12.8. The largest absolute Gasteiger partial charge is 0.342 e. The molecule has 4 rings (SSSR count). The van der Waals surface area contributed by atoms with Crippen LogP contribution in [0.15, 0.2) is 17.5 Å². The lowest BCUT2D eigenvalue weighted by Gasteiger charge is -2.45. The molecule has 2 saturated heterocycles. The fraction of sp³-hybridized carbons (Fsp3) is 0.632. The minimum Gasteiger partial charge on any atom is -0.342 e. The summed E-state index contributed by atoms with van der Waals surface area (Å²) >= 11 is 1.59. The van der Waals surface area contributed by atoms with E-state index in [4.69, 9.17) is 0 Å². The average molecular weight is 391 g/mol. The van der Waals surface area contributed by atoms with Gasteiger partial charge in [0, 0.05) is 30.4 Å². The van der Waals surface area contributed by atoms with Crippen molar-refractivity contribution in [2.75, 3.05) is 19.6 Å². The second-order valence-electron chi connectivity index (χ2n) is 7.62. The normalized spacial score (nSPS) is 26.5. The Labute approximate surface area is 163 Å². The van der Waals surface area contributed by atoms with Crippen LogP contribution in [0.3, 0.4) is 0 Å². The van der Waals surface area contributed by atoms with Gasteiger partial charge in [-0.25, -0.2) is 4.79 Å². The first kappa shape index (κ1) is 18.3. The number of thiophene rings is 1. The molecule has 146 valence electrons. The average Bonchev–Trinajstić information content (AvgIpc) is 3.19. The number of piperazine rings is 2. The molecule has 2 aliphatic heterocycles. The number of rotatable bonds is 3. The van der Waals surface area contributed by atoms with Crippen LogP contribution in [-0.4, -0.2) is 65.4 Å². The van der Waals surface area contributed by atoms with Gasteiger partial charge in [0.2, 0.25) is 11.8 Å². The maximum atomic E-state index is 12.8. The molecule has 8 heteroatoms. The van der Waals surface area contributed by atoms with E-state index in [1.54, 1.807) is 21.1 Å². The second kappa shape index (κ2) is 7.88. The van der Waals surface area contributed by atoms with Gasteiger partial charge in [0.1, 0.15) is 12.1 Å². The molecule has 0 bridgehead atoms. The summed E-state index contributed by atoms with van der Waals surface area (Å²) in [6, 6.07) is 2.97. The van der Waals surface area contributed by atoms with Crippen LogP contribution < -0.4 is 10.6 Å².